The SMILES string of the molecule is FCCCSc1ccc(CNC2CC2)cc1. The van der Waals surface area contributed by atoms with E-state index < -0.39 is 0 Å². The topological polar surface area (TPSA) is 12.0 Å². The minimum Gasteiger partial charge on any atom is -0.310 e. The third kappa shape index (κ3) is 4.14. The van der Waals surface area contributed by atoms with E-state index in [0.29, 0.717) is 6.42 Å². The molecule has 1 aliphatic carbocycles. The Labute approximate surface area is 101 Å². The van der Waals surface area contributed by atoms with Gasteiger partial charge in [-0.3, -0.25) is 4.39 Å². The van der Waals surface area contributed by atoms with Crippen LogP contribution in [0.15, 0.2) is 29.2 Å². The monoisotopic (exact) mass is 239 g/mol. The van der Waals surface area contributed by atoms with E-state index >= 15 is 0 Å². The molecule has 0 bridgehead atoms. The lowest BCUT2D eigenvalue weighted by Gasteiger charge is -2.04. The van der Waals surface area contributed by atoms with Gasteiger partial charge in [0, 0.05) is 23.2 Å². The van der Waals surface area contributed by atoms with Gasteiger partial charge in [-0.15, -0.1) is 11.8 Å². The van der Waals surface area contributed by atoms with Crippen LogP contribution in [0.5, 0.6) is 0 Å². The fourth-order valence-electron chi connectivity index (χ4n) is 1.50. The molecule has 0 heterocycles. The quantitative estimate of drug-likeness (QED) is 0.578. The molecule has 0 spiro atoms. The molecule has 0 amide bonds. The molecule has 1 N–H and O–H groups in total. The lowest BCUT2D eigenvalue weighted by atomic mass is 10.2. The lowest BCUT2D eigenvalue weighted by molar-refractivity contribution is 0.489. The number of rotatable bonds is 7. The number of halogens is 1. The summed E-state index contributed by atoms with van der Waals surface area (Å²) in [4.78, 5) is 1.24. The Morgan fingerprint density at radius 2 is 2.00 bits per heavy atom. The van der Waals surface area contributed by atoms with Gasteiger partial charge in [0.25, 0.3) is 0 Å². The largest absolute Gasteiger partial charge is 0.310 e. The molecule has 1 nitrogen and oxygen atoms in total. The maximum Gasteiger partial charge on any atom is 0.0902 e. The second kappa shape index (κ2) is 6.26. The maximum atomic E-state index is 11.9. The van der Waals surface area contributed by atoms with Gasteiger partial charge in [-0.05, 0) is 37.0 Å². The van der Waals surface area contributed by atoms with Crippen LogP contribution < -0.4 is 5.32 Å². The van der Waals surface area contributed by atoms with E-state index in [1.807, 2.05) is 0 Å². The van der Waals surface area contributed by atoms with Gasteiger partial charge < -0.3 is 5.32 Å². The summed E-state index contributed by atoms with van der Waals surface area (Å²) in [7, 11) is 0. The molecular weight excluding hydrogens is 221 g/mol. The van der Waals surface area contributed by atoms with Crippen LogP contribution in [0.2, 0.25) is 0 Å². The van der Waals surface area contributed by atoms with Crippen LogP contribution in [0.4, 0.5) is 4.39 Å². The molecule has 1 aromatic carbocycles. The van der Waals surface area contributed by atoms with Crippen molar-refractivity contribution < 1.29 is 4.39 Å². The molecule has 0 atom stereocenters. The van der Waals surface area contributed by atoms with E-state index in [0.717, 1.165) is 18.3 Å². The van der Waals surface area contributed by atoms with Crippen LogP contribution in [0.3, 0.4) is 0 Å². The Balaban J connectivity index is 1.74. The van der Waals surface area contributed by atoms with Crippen LogP contribution in [-0.2, 0) is 6.54 Å². The van der Waals surface area contributed by atoms with Gasteiger partial charge in [0.1, 0.15) is 0 Å². The van der Waals surface area contributed by atoms with Gasteiger partial charge >= 0.3 is 0 Å². The molecule has 88 valence electrons. The van der Waals surface area contributed by atoms with Gasteiger partial charge in [0.2, 0.25) is 0 Å². The van der Waals surface area contributed by atoms with Crippen LogP contribution in [0.1, 0.15) is 24.8 Å². The lowest BCUT2D eigenvalue weighted by Crippen LogP contribution is -2.14. The zero-order valence-corrected chi connectivity index (χ0v) is 10.2. The summed E-state index contributed by atoms with van der Waals surface area (Å²) in [6.07, 6.45) is 3.31. The highest BCUT2D eigenvalue weighted by Crippen LogP contribution is 2.21. The number of nitrogens with one attached hydrogen (secondary N) is 1. The van der Waals surface area contributed by atoms with Gasteiger partial charge in [0.15, 0.2) is 0 Å². The molecule has 0 saturated heterocycles. The molecule has 1 fully saturated rings. The molecule has 0 aromatic heterocycles. The van der Waals surface area contributed by atoms with E-state index in [2.05, 4.69) is 29.6 Å². The maximum absolute atomic E-state index is 11.9. The average Bonchev–Trinajstić information content (AvgIpc) is 3.12. The van der Waals surface area contributed by atoms with Crippen molar-refractivity contribution in [2.45, 2.75) is 36.7 Å². The molecule has 3 heteroatoms. The first-order chi connectivity index (χ1) is 7.88. The van der Waals surface area contributed by atoms with Gasteiger partial charge in [-0.1, -0.05) is 12.1 Å². The van der Waals surface area contributed by atoms with Crippen LogP contribution in [-0.4, -0.2) is 18.5 Å². The van der Waals surface area contributed by atoms with E-state index in [1.165, 1.54) is 23.3 Å². The van der Waals surface area contributed by atoms with Crippen molar-refractivity contribution in [2.24, 2.45) is 0 Å². The van der Waals surface area contributed by atoms with E-state index in [4.69, 9.17) is 0 Å². The smallest absolute Gasteiger partial charge is 0.0902 e. The van der Waals surface area contributed by atoms with Crippen molar-refractivity contribution in [3.8, 4) is 0 Å². The van der Waals surface area contributed by atoms with Crippen LogP contribution in [0.25, 0.3) is 0 Å². The fourth-order valence-corrected chi connectivity index (χ4v) is 2.32. The second-order valence-corrected chi connectivity index (χ2v) is 5.36. The molecule has 0 radical (unpaired) electrons. The number of hydrogen-bond donors (Lipinski definition) is 1. The minimum absolute atomic E-state index is 0.212. The molecule has 0 unspecified atom stereocenters. The summed E-state index contributed by atoms with van der Waals surface area (Å²) in [6.45, 7) is 0.760. The summed E-state index contributed by atoms with van der Waals surface area (Å²) in [5, 5.41) is 3.49. The van der Waals surface area contributed by atoms with Crippen molar-refractivity contribution in [2.75, 3.05) is 12.4 Å². The summed E-state index contributed by atoms with van der Waals surface area (Å²) < 4.78 is 11.9. The summed E-state index contributed by atoms with van der Waals surface area (Å²) in [6, 6.07) is 9.35. The first-order valence-electron chi connectivity index (χ1n) is 5.89. The Bertz CT molecular complexity index is 308. The molecule has 0 aliphatic heterocycles. The molecule has 16 heavy (non-hydrogen) atoms. The minimum atomic E-state index is -0.212. The number of thioether (sulfide) groups is 1. The van der Waals surface area contributed by atoms with Crippen molar-refractivity contribution >= 4 is 11.8 Å². The van der Waals surface area contributed by atoms with Crippen molar-refractivity contribution in [1.29, 1.82) is 0 Å². The summed E-state index contributed by atoms with van der Waals surface area (Å²) >= 11 is 1.73. The first kappa shape index (κ1) is 11.9. The normalized spacial score (nSPS) is 15.3. The Morgan fingerprint density at radius 3 is 2.62 bits per heavy atom. The second-order valence-electron chi connectivity index (χ2n) is 4.19. The number of hydrogen-bond acceptors (Lipinski definition) is 2. The highest BCUT2D eigenvalue weighted by molar-refractivity contribution is 7.99. The molecule has 1 aliphatic rings. The highest BCUT2D eigenvalue weighted by Gasteiger charge is 2.19. The molecule has 2 rings (SSSR count). The third-order valence-electron chi connectivity index (χ3n) is 2.64. The van der Waals surface area contributed by atoms with Gasteiger partial charge in [-0.25, -0.2) is 0 Å². The van der Waals surface area contributed by atoms with Gasteiger partial charge in [-0.2, -0.15) is 0 Å². The van der Waals surface area contributed by atoms with Gasteiger partial charge in [0.05, 0.1) is 6.67 Å². The highest BCUT2D eigenvalue weighted by atomic mass is 32.2. The third-order valence-corrected chi connectivity index (χ3v) is 3.74. The summed E-state index contributed by atoms with van der Waals surface area (Å²) in [5.74, 6) is 0.871. The van der Waals surface area contributed by atoms with Crippen LogP contribution >= 0.6 is 11.8 Å². The molecular formula is C13H18FNS. The predicted octanol–water partition coefficient (Wildman–Crippen LogP) is 3.39. The Kier molecular flexibility index (Phi) is 4.67. The van der Waals surface area contributed by atoms with E-state index in [1.54, 1.807) is 11.8 Å². The van der Waals surface area contributed by atoms with E-state index in [-0.39, 0.29) is 6.67 Å². The van der Waals surface area contributed by atoms with Crippen molar-refractivity contribution in [1.82, 2.24) is 5.32 Å². The summed E-state index contributed by atoms with van der Waals surface area (Å²) in [5.41, 5.74) is 1.33. The Morgan fingerprint density at radius 1 is 1.25 bits per heavy atom. The number of alkyl halides is 1. The average molecular weight is 239 g/mol. The Hall–Kier alpha value is -0.540. The number of benzene rings is 1. The van der Waals surface area contributed by atoms with E-state index in [9.17, 15) is 4.39 Å². The zero-order chi connectivity index (χ0) is 11.2. The fraction of sp³-hybridized carbons (Fsp3) is 0.538. The zero-order valence-electron chi connectivity index (χ0n) is 9.42. The standard InChI is InChI=1S/C13H18FNS/c14-8-1-9-16-13-6-2-11(3-7-13)10-15-12-4-5-12/h2-3,6-7,12,15H,1,4-5,8-10H2. The molecule has 1 aromatic rings. The predicted molar refractivity (Wildman–Crippen MR) is 67.6 cm³/mol. The van der Waals surface area contributed by atoms with Crippen LogP contribution in [0, 0.1) is 0 Å². The van der Waals surface area contributed by atoms with Crippen molar-refractivity contribution in [3.63, 3.8) is 0 Å². The molecule has 1 saturated carbocycles. The van der Waals surface area contributed by atoms with Crippen molar-refractivity contribution in [3.05, 3.63) is 29.8 Å². The first-order valence-corrected chi connectivity index (χ1v) is 6.88.